The number of carboxylic acid groups (broad SMARTS) is 1. The quantitative estimate of drug-likeness (QED) is 0.632. The van der Waals surface area contributed by atoms with Crippen LogP contribution >= 0.6 is 11.8 Å². The van der Waals surface area contributed by atoms with Gasteiger partial charge >= 0.3 is 5.97 Å². The average Bonchev–Trinajstić information content (AvgIpc) is 2.52. The average molecular weight is 325 g/mol. The summed E-state index contributed by atoms with van der Waals surface area (Å²) in [7, 11) is 0. The molecule has 0 saturated carbocycles. The van der Waals surface area contributed by atoms with Crippen LogP contribution in [0.5, 0.6) is 0 Å². The third-order valence-corrected chi connectivity index (χ3v) is 3.45. The number of hydrogen-bond acceptors (Lipinski definition) is 4. The van der Waals surface area contributed by atoms with E-state index in [0.29, 0.717) is 5.56 Å². The molecule has 0 fully saturated rings. The Balaban J connectivity index is 2.92. The maximum Gasteiger partial charge on any atom is 0.327 e. The minimum Gasteiger partial charge on any atom is -0.480 e. The van der Waals surface area contributed by atoms with Gasteiger partial charge in [0.25, 0.3) is 0 Å². The van der Waals surface area contributed by atoms with Gasteiger partial charge in [0, 0.05) is 5.75 Å². The first-order valence-corrected chi connectivity index (χ1v) is 7.83. The van der Waals surface area contributed by atoms with Crippen LogP contribution in [-0.2, 0) is 19.5 Å². The van der Waals surface area contributed by atoms with E-state index < -0.39 is 36.5 Å². The van der Waals surface area contributed by atoms with E-state index in [-0.39, 0.29) is 5.75 Å². The Bertz CT molecular complexity index is 523. The van der Waals surface area contributed by atoms with Crippen LogP contribution in [0.1, 0.15) is 11.6 Å². The second-order valence-corrected chi connectivity index (χ2v) is 5.32. The number of carbonyl (C=O) groups is 3. The van der Waals surface area contributed by atoms with E-state index >= 15 is 0 Å². The van der Waals surface area contributed by atoms with E-state index in [2.05, 4.69) is 10.6 Å². The van der Waals surface area contributed by atoms with Crippen LogP contribution in [0.2, 0.25) is 0 Å². The van der Waals surface area contributed by atoms with Crippen LogP contribution in [0, 0.1) is 0 Å². The third-order valence-electron chi connectivity index (χ3n) is 2.78. The summed E-state index contributed by atoms with van der Waals surface area (Å²) < 4.78 is 0. The van der Waals surface area contributed by atoms with Gasteiger partial charge in [-0.05, 0) is 11.8 Å². The van der Waals surface area contributed by atoms with Crippen LogP contribution in [-0.4, -0.2) is 47.5 Å². The van der Waals surface area contributed by atoms with Gasteiger partial charge in [-0.1, -0.05) is 30.3 Å². The number of amides is 2. The smallest absolute Gasteiger partial charge is 0.327 e. The molecule has 3 N–H and O–H groups in total. The number of thioether (sulfide) groups is 1. The lowest BCUT2D eigenvalue weighted by atomic mass is 10.1. The molecular weight excluding hydrogens is 308 g/mol. The molecule has 2 amide bonds. The van der Waals surface area contributed by atoms with Crippen molar-refractivity contribution in [3.63, 3.8) is 0 Å². The van der Waals surface area contributed by atoms with Crippen molar-refractivity contribution in [3.8, 4) is 0 Å². The van der Waals surface area contributed by atoms with Gasteiger partial charge in [0.2, 0.25) is 11.8 Å². The van der Waals surface area contributed by atoms with E-state index in [4.69, 9.17) is 5.11 Å². The van der Waals surface area contributed by atoms with Crippen molar-refractivity contribution in [1.29, 1.82) is 0 Å². The van der Waals surface area contributed by atoms with Gasteiger partial charge in [-0.3, -0.25) is 9.59 Å². The van der Waals surface area contributed by atoms with Crippen molar-refractivity contribution in [3.05, 3.63) is 35.9 Å². The van der Waals surface area contributed by atoms with Crippen LogP contribution in [0.4, 0.5) is 0 Å². The number of nitrogens with one attached hydrogen (secondary N) is 2. The number of carbonyl (C=O) groups excluding carboxylic acids is 2. The summed E-state index contributed by atoms with van der Waals surface area (Å²) in [6.07, 6.45) is 1.72. The fraction of sp³-hybridized carbons (Fsp3) is 0.357. The Labute approximate surface area is 132 Å². The lowest BCUT2D eigenvalue weighted by Crippen LogP contribution is -2.48. The monoisotopic (exact) mass is 325 g/mol. The van der Waals surface area contributed by atoms with Crippen LogP contribution < -0.4 is 10.6 Å². The van der Waals surface area contributed by atoms with Crippen LogP contribution in [0.3, 0.4) is 0 Å². The number of hydrogen-bond donors (Lipinski definition) is 3. The van der Waals surface area contributed by atoms with Gasteiger partial charge in [-0.25, -0.2) is 9.90 Å². The molecule has 22 heavy (non-hydrogen) atoms. The summed E-state index contributed by atoms with van der Waals surface area (Å²) in [6.45, 7) is -1.01. The summed E-state index contributed by atoms with van der Waals surface area (Å²) in [5.41, 5.74) is 0.468. The largest absolute Gasteiger partial charge is 0.480 e. The fourth-order valence-electron chi connectivity index (χ4n) is 1.74. The minimum absolute atomic E-state index is 0.193. The maximum atomic E-state index is 12.3. The molecular formula is C14H17N2O5S. The fourth-order valence-corrected chi connectivity index (χ4v) is 2.30. The molecule has 0 heterocycles. The Morgan fingerprint density at radius 2 is 1.82 bits per heavy atom. The zero-order valence-electron chi connectivity index (χ0n) is 11.9. The Morgan fingerprint density at radius 1 is 1.18 bits per heavy atom. The molecule has 0 aromatic heterocycles. The van der Waals surface area contributed by atoms with Crippen molar-refractivity contribution in [2.75, 3.05) is 18.6 Å². The molecule has 0 saturated heterocycles. The third kappa shape index (κ3) is 5.38. The summed E-state index contributed by atoms with van der Waals surface area (Å²) >= 11 is 1.27. The number of rotatable bonds is 8. The minimum atomic E-state index is -1.16. The Hall–Kier alpha value is -2.06. The molecule has 119 valence electrons. The van der Waals surface area contributed by atoms with Crippen LogP contribution in [0.25, 0.3) is 0 Å². The topological polar surface area (TPSA) is 115 Å². The number of carboxylic acids is 1. The van der Waals surface area contributed by atoms with E-state index in [1.165, 1.54) is 11.8 Å². The van der Waals surface area contributed by atoms with Gasteiger partial charge < -0.3 is 15.7 Å². The van der Waals surface area contributed by atoms with Gasteiger partial charge in [0.05, 0.1) is 0 Å². The molecule has 1 aromatic carbocycles. The number of benzene rings is 1. The standard InChI is InChI=1S/C14H17N2O5S/c1-22-8-10(14(20)21)15-13(19)12(16-11(18)7-17)9-5-3-2-4-6-9/h2-6,10,12H,7-8H2,1H3,(H,15,19)(H,16,18)(H,20,21)/t10-,12+/m0/s1. The van der Waals surface area contributed by atoms with Crippen molar-refractivity contribution in [1.82, 2.24) is 10.6 Å². The number of aliphatic carboxylic acids is 1. The molecule has 0 aliphatic rings. The molecule has 7 nitrogen and oxygen atoms in total. The van der Waals surface area contributed by atoms with Gasteiger partial charge in [0.1, 0.15) is 12.1 Å². The van der Waals surface area contributed by atoms with Gasteiger partial charge in [-0.15, -0.1) is 0 Å². The molecule has 0 bridgehead atoms. The van der Waals surface area contributed by atoms with E-state index in [1.807, 2.05) is 0 Å². The highest BCUT2D eigenvalue weighted by molar-refractivity contribution is 7.98. The lowest BCUT2D eigenvalue weighted by Gasteiger charge is -2.21. The highest BCUT2D eigenvalue weighted by Crippen LogP contribution is 2.13. The first kappa shape index (κ1) is 18.0. The predicted molar refractivity (Wildman–Crippen MR) is 80.8 cm³/mol. The van der Waals surface area contributed by atoms with E-state index in [1.54, 1.807) is 36.6 Å². The molecule has 0 unspecified atom stereocenters. The molecule has 2 atom stereocenters. The van der Waals surface area contributed by atoms with Gasteiger partial charge in [-0.2, -0.15) is 11.8 Å². The highest BCUT2D eigenvalue weighted by atomic mass is 32.2. The predicted octanol–water partition coefficient (Wildman–Crippen LogP) is 0.207. The van der Waals surface area contributed by atoms with Crippen molar-refractivity contribution in [2.45, 2.75) is 12.1 Å². The Kier molecular flexibility index (Phi) is 7.41. The normalized spacial score (nSPS) is 13.0. The van der Waals surface area contributed by atoms with Gasteiger partial charge in [0.15, 0.2) is 6.61 Å². The summed E-state index contributed by atoms with van der Waals surface area (Å²) in [6, 6.07) is 6.13. The molecule has 1 rings (SSSR count). The Morgan fingerprint density at radius 3 is 2.32 bits per heavy atom. The zero-order chi connectivity index (χ0) is 16.5. The maximum absolute atomic E-state index is 12.3. The van der Waals surface area contributed by atoms with Crippen molar-refractivity contribution < 1.29 is 24.6 Å². The summed E-state index contributed by atoms with van der Waals surface area (Å²) in [5.74, 6) is -2.47. The summed E-state index contributed by atoms with van der Waals surface area (Å²) in [4.78, 5) is 34.7. The first-order chi connectivity index (χ1) is 10.5. The molecule has 8 heteroatoms. The van der Waals surface area contributed by atoms with Crippen molar-refractivity contribution >= 4 is 29.5 Å². The van der Waals surface area contributed by atoms with E-state index in [9.17, 15) is 19.5 Å². The molecule has 1 aromatic rings. The van der Waals surface area contributed by atoms with E-state index in [0.717, 1.165) is 0 Å². The molecule has 0 aliphatic carbocycles. The second kappa shape index (κ2) is 9.06. The first-order valence-electron chi connectivity index (χ1n) is 6.44. The zero-order valence-corrected chi connectivity index (χ0v) is 12.8. The summed E-state index contributed by atoms with van der Waals surface area (Å²) in [5, 5.41) is 24.4. The SMILES string of the molecule is CSC[C@H](NC(=O)[C@H](NC(=O)C[O])c1ccccc1)C(=O)O. The highest BCUT2D eigenvalue weighted by Gasteiger charge is 2.27. The van der Waals surface area contributed by atoms with Crippen LogP contribution in [0.15, 0.2) is 30.3 Å². The lowest BCUT2D eigenvalue weighted by molar-refractivity contribution is -0.141. The van der Waals surface area contributed by atoms with Crippen molar-refractivity contribution in [2.24, 2.45) is 0 Å². The molecule has 1 radical (unpaired) electrons. The molecule has 0 spiro atoms. The molecule has 0 aliphatic heterocycles. The second-order valence-electron chi connectivity index (χ2n) is 4.41.